The molecule has 7 nitrogen and oxygen atoms in total. The molecule has 0 atom stereocenters. The average Bonchev–Trinajstić information content (AvgIpc) is 2.99. The predicted octanol–water partition coefficient (Wildman–Crippen LogP) is -0.167. The molecule has 0 bridgehead atoms. The molecule has 1 aliphatic rings. The largest absolute Gasteiger partial charge is 0.352 e. The quantitative estimate of drug-likeness (QED) is 0.713. The fourth-order valence-corrected chi connectivity index (χ4v) is 3.68. The maximum atomic E-state index is 12.3. The highest BCUT2D eigenvalue weighted by Crippen LogP contribution is 2.19. The molecule has 116 valence electrons. The number of aromatic nitrogens is 1. The number of nitrogens with one attached hydrogen (secondary N) is 3. The van der Waals surface area contributed by atoms with Crippen molar-refractivity contribution in [1.82, 2.24) is 9.62 Å². The third kappa shape index (κ3) is 4.15. The molecule has 0 aromatic carbocycles. The van der Waals surface area contributed by atoms with E-state index in [1.165, 1.54) is 17.4 Å². The summed E-state index contributed by atoms with van der Waals surface area (Å²) < 4.78 is 26.2. The van der Waals surface area contributed by atoms with Gasteiger partial charge in [0.05, 0.1) is 6.54 Å². The zero-order chi connectivity index (χ0) is 15.3. The molecular weight excluding hydrogens is 292 g/mol. The number of carbonyl (C=O) groups is 1. The van der Waals surface area contributed by atoms with Crippen LogP contribution in [0.2, 0.25) is 0 Å². The average molecular weight is 313 g/mol. The van der Waals surface area contributed by atoms with E-state index in [0.29, 0.717) is 32.0 Å². The minimum Gasteiger partial charge on any atom is -0.352 e. The normalized spacial score (nSPS) is 15.9. The van der Waals surface area contributed by atoms with Crippen molar-refractivity contribution in [3.63, 3.8) is 0 Å². The number of sulfonamides is 1. The minimum atomic E-state index is -3.37. The number of hydrogen-bond acceptors (Lipinski definition) is 4. The molecule has 1 fully saturated rings. The van der Waals surface area contributed by atoms with E-state index < -0.39 is 10.0 Å². The monoisotopic (exact) mass is 313 g/mol. The molecule has 8 heteroatoms. The second-order valence-corrected chi connectivity index (χ2v) is 6.90. The molecule has 1 aromatic heterocycles. The van der Waals surface area contributed by atoms with Gasteiger partial charge in [0, 0.05) is 26.1 Å². The Labute approximate surface area is 124 Å². The van der Waals surface area contributed by atoms with Crippen molar-refractivity contribution in [2.45, 2.75) is 24.7 Å². The lowest BCUT2D eigenvalue weighted by Crippen LogP contribution is -2.30. The van der Waals surface area contributed by atoms with E-state index in [9.17, 15) is 13.2 Å². The van der Waals surface area contributed by atoms with Gasteiger partial charge in [-0.25, -0.2) is 13.4 Å². The van der Waals surface area contributed by atoms with Gasteiger partial charge < -0.3 is 5.32 Å². The number of H-pyrrole nitrogens is 1. The van der Waals surface area contributed by atoms with E-state index in [-0.39, 0.29) is 10.8 Å². The van der Waals surface area contributed by atoms with Gasteiger partial charge in [0.15, 0.2) is 0 Å². The summed E-state index contributed by atoms with van der Waals surface area (Å²) in [4.78, 5) is 13.9. The molecule has 2 rings (SSSR count). The van der Waals surface area contributed by atoms with Crippen molar-refractivity contribution < 1.29 is 18.2 Å². The van der Waals surface area contributed by atoms with Crippen LogP contribution in [-0.2, 0) is 14.8 Å². The predicted molar refractivity (Wildman–Crippen MR) is 78.2 cm³/mol. The van der Waals surface area contributed by atoms with Crippen LogP contribution in [0.5, 0.6) is 0 Å². The number of rotatable bonds is 6. The maximum Gasteiger partial charge on any atom is 0.272 e. The van der Waals surface area contributed by atoms with Gasteiger partial charge in [-0.1, -0.05) is 0 Å². The van der Waals surface area contributed by atoms with Crippen LogP contribution in [0.3, 0.4) is 0 Å². The first-order valence-corrected chi connectivity index (χ1v) is 8.44. The number of amides is 1. The molecule has 3 N–H and O–H groups in total. The highest BCUT2D eigenvalue weighted by molar-refractivity contribution is 7.89. The van der Waals surface area contributed by atoms with Crippen LogP contribution in [0.25, 0.3) is 0 Å². The Bertz CT molecular complexity index is 580. The maximum absolute atomic E-state index is 12.3. The van der Waals surface area contributed by atoms with Crippen LogP contribution in [0.15, 0.2) is 23.2 Å². The van der Waals surface area contributed by atoms with E-state index in [1.54, 1.807) is 12.1 Å². The zero-order valence-electron chi connectivity index (χ0n) is 12.1. The molecule has 2 heterocycles. The third-order valence-electron chi connectivity index (χ3n) is 3.30. The van der Waals surface area contributed by atoms with Gasteiger partial charge in [-0.2, -0.15) is 4.31 Å². The third-order valence-corrected chi connectivity index (χ3v) is 5.20. The van der Waals surface area contributed by atoms with Crippen LogP contribution < -0.4 is 15.6 Å². The van der Waals surface area contributed by atoms with Gasteiger partial charge in [-0.05, 0) is 18.9 Å². The van der Waals surface area contributed by atoms with Crippen LogP contribution in [0.4, 0.5) is 5.82 Å². The van der Waals surface area contributed by atoms with Gasteiger partial charge in [0.1, 0.15) is 17.6 Å². The molecule has 1 saturated heterocycles. The molecule has 0 radical (unpaired) electrons. The van der Waals surface area contributed by atoms with E-state index in [0.717, 1.165) is 12.8 Å². The zero-order valence-corrected chi connectivity index (χ0v) is 12.9. The Morgan fingerprint density at radius 2 is 2.00 bits per heavy atom. The summed E-state index contributed by atoms with van der Waals surface area (Å²) in [5.74, 6) is 0.633. The summed E-state index contributed by atoms with van der Waals surface area (Å²) in [7, 11) is -3.37. The highest BCUT2D eigenvalue weighted by Gasteiger charge is 2.27. The Kier molecular flexibility index (Phi) is 5.13. The Balaban J connectivity index is 1.93. The number of pyridine rings is 1. The van der Waals surface area contributed by atoms with Crippen LogP contribution in [0.1, 0.15) is 19.8 Å². The first kappa shape index (κ1) is 15.7. The van der Waals surface area contributed by atoms with Crippen LogP contribution >= 0.6 is 0 Å². The number of anilines is 1. The van der Waals surface area contributed by atoms with E-state index in [2.05, 4.69) is 15.6 Å². The number of nitrogens with zero attached hydrogens (tertiary/aromatic N) is 1. The van der Waals surface area contributed by atoms with Crippen LogP contribution in [-0.4, -0.2) is 44.8 Å². The lowest BCUT2D eigenvalue weighted by Gasteiger charge is -2.14. The molecule has 1 amide bonds. The van der Waals surface area contributed by atoms with Gasteiger partial charge in [-0.3, -0.25) is 10.1 Å². The lowest BCUT2D eigenvalue weighted by atomic mass is 10.4. The van der Waals surface area contributed by atoms with Crippen molar-refractivity contribution in [3.8, 4) is 0 Å². The van der Waals surface area contributed by atoms with Crippen molar-refractivity contribution in [2.24, 2.45) is 0 Å². The minimum absolute atomic E-state index is 0.0761. The van der Waals surface area contributed by atoms with E-state index >= 15 is 0 Å². The van der Waals surface area contributed by atoms with Gasteiger partial charge >= 0.3 is 0 Å². The highest BCUT2D eigenvalue weighted by atomic mass is 32.2. The second kappa shape index (κ2) is 6.86. The van der Waals surface area contributed by atoms with Gasteiger partial charge in [0.25, 0.3) is 5.82 Å². The number of aromatic amines is 1. The standard InChI is InChI=1S/C13H20N4O3S/c1-11(18)14-6-7-15-13-5-4-12(10-16-13)21(19,20)17-8-2-3-9-17/h4-5,10H,2-3,6-9H2,1H3,(H,14,18)(H,15,16)/p+1. The molecule has 0 unspecified atom stereocenters. The summed E-state index contributed by atoms with van der Waals surface area (Å²) in [6, 6.07) is 3.28. The molecule has 0 aliphatic carbocycles. The summed E-state index contributed by atoms with van der Waals surface area (Å²) in [6.45, 7) is 3.73. The van der Waals surface area contributed by atoms with Crippen molar-refractivity contribution in [1.29, 1.82) is 0 Å². The fourth-order valence-electron chi connectivity index (χ4n) is 2.19. The molecule has 0 saturated carbocycles. The van der Waals surface area contributed by atoms with Crippen LogP contribution in [0, 0.1) is 0 Å². The van der Waals surface area contributed by atoms with E-state index in [1.807, 2.05) is 0 Å². The molecule has 1 aromatic rings. The Hall–Kier alpha value is -1.67. The molecule has 0 spiro atoms. The van der Waals surface area contributed by atoms with Crippen molar-refractivity contribution >= 4 is 21.7 Å². The summed E-state index contributed by atoms with van der Waals surface area (Å²) in [5.41, 5.74) is 0. The lowest BCUT2D eigenvalue weighted by molar-refractivity contribution is -0.364. The molecular formula is C13H21N4O3S+. The topological polar surface area (TPSA) is 92.7 Å². The smallest absolute Gasteiger partial charge is 0.272 e. The summed E-state index contributed by atoms with van der Waals surface area (Å²) in [6.07, 6.45) is 3.34. The Morgan fingerprint density at radius 3 is 2.57 bits per heavy atom. The first-order chi connectivity index (χ1) is 10.00. The number of hydrogen-bond donors (Lipinski definition) is 2. The van der Waals surface area contributed by atoms with E-state index in [4.69, 9.17) is 0 Å². The molecule has 21 heavy (non-hydrogen) atoms. The SMILES string of the molecule is CC(=O)NCCNc1ccc(S(=O)(=O)N2CCCC2)c[nH+]1. The fraction of sp³-hybridized carbons (Fsp3) is 0.538. The second-order valence-electron chi connectivity index (χ2n) is 4.96. The van der Waals surface area contributed by atoms with Gasteiger partial charge in [0.2, 0.25) is 15.9 Å². The van der Waals surface area contributed by atoms with Crippen molar-refractivity contribution in [3.05, 3.63) is 18.3 Å². The first-order valence-electron chi connectivity index (χ1n) is 7.00. The summed E-state index contributed by atoms with van der Waals surface area (Å²) >= 11 is 0. The van der Waals surface area contributed by atoms with Crippen molar-refractivity contribution in [2.75, 3.05) is 31.5 Å². The molecule has 1 aliphatic heterocycles. The number of carbonyl (C=O) groups excluding carboxylic acids is 1. The Morgan fingerprint density at radius 1 is 1.29 bits per heavy atom. The van der Waals surface area contributed by atoms with Gasteiger partial charge in [-0.15, -0.1) is 0 Å². The summed E-state index contributed by atoms with van der Waals surface area (Å²) in [5, 5.41) is 5.74.